The highest BCUT2D eigenvalue weighted by Crippen LogP contribution is 2.41. The van der Waals surface area contributed by atoms with Crippen molar-refractivity contribution in [3.8, 4) is 28.9 Å². The second-order valence-electron chi connectivity index (χ2n) is 6.24. The van der Waals surface area contributed by atoms with E-state index in [1.54, 1.807) is 31.2 Å². The smallest absolute Gasteiger partial charge is 0.418 e. The average Bonchev–Trinajstić information content (AvgIpc) is 2.96. The highest BCUT2D eigenvalue weighted by molar-refractivity contribution is 5.83. The fourth-order valence-corrected chi connectivity index (χ4v) is 3.03. The van der Waals surface area contributed by atoms with E-state index in [-0.39, 0.29) is 35.8 Å². The molecule has 0 spiro atoms. The number of alkyl halides is 3. The predicted molar refractivity (Wildman–Crippen MR) is 99.9 cm³/mol. The number of carbonyl (C=O) groups excluding carboxylic acids is 1. The monoisotopic (exact) mass is 405 g/mol. The first kappa shape index (κ1) is 20.3. The molecule has 0 atom stereocenters. The van der Waals surface area contributed by atoms with E-state index < -0.39 is 17.3 Å². The van der Waals surface area contributed by atoms with Gasteiger partial charge in [-0.15, -0.1) is 0 Å². The number of aromatic hydroxyl groups is 1. The minimum atomic E-state index is -4.66. The molecule has 0 aliphatic carbocycles. The van der Waals surface area contributed by atoms with Gasteiger partial charge in [0.05, 0.1) is 11.1 Å². The second kappa shape index (κ2) is 7.90. The lowest BCUT2D eigenvalue weighted by atomic mass is 10.1. The molecule has 152 valence electrons. The van der Waals surface area contributed by atoms with E-state index in [2.05, 4.69) is 0 Å². The van der Waals surface area contributed by atoms with Crippen molar-refractivity contribution < 1.29 is 32.5 Å². The maximum Gasteiger partial charge on any atom is 0.418 e. The van der Waals surface area contributed by atoms with Crippen molar-refractivity contribution in [2.75, 3.05) is 0 Å². The number of ether oxygens (including phenoxy) is 2. The Morgan fingerprint density at radius 1 is 0.966 bits per heavy atom. The van der Waals surface area contributed by atoms with Crippen LogP contribution in [0.15, 0.2) is 48.5 Å². The first-order valence-electron chi connectivity index (χ1n) is 8.73. The Kier molecular flexibility index (Phi) is 5.54. The van der Waals surface area contributed by atoms with Crippen molar-refractivity contribution in [2.24, 2.45) is 7.05 Å². The van der Waals surface area contributed by atoms with Gasteiger partial charge in [0.1, 0.15) is 23.0 Å². The zero-order valence-corrected chi connectivity index (χ0v) is 15.7. The number of rotatable bonds is 6. The van der Waals surface area contributed by atoms with Crippen LogP contribution in [0.2, 0.25) is 0 Å². The van der Waals surface area contributed by atoms with Gasteiger partial charge in [0.25, 0.3) is 0 Å². The number of halogens is 3. The molecule has 3 aromatic rings. The molecule has 2 aromatic carbocycles. The molecular formula is C21H18F3NO4. The summed E-state index contributed by atoms with van der Waals surface area (Å²) in [5, 5.41) is 9.28. The molecule has 0 aliphatic heterocycles. The van der Waals surface area contributed by atoms with Crippen molar-refractivity contribution in [3.63, 3.8) is 0 Å². The Labute approximate surface area is 164 Å². The van der Waals surface area contributed by atoms with Gasteiger partial charge >= 0.3 is 6.18 Å². The molecule has 0 unspecified atom stereocenters. The van der Waals surface area contributed by atoms with Crippen LogP contribution < -0.4 is 9.47 Å². The van der Waals surface area contributed by atoms with Crippen LogP contribution >= 0.6 is 0 Å². The molecule has 1 N–H and O–H groups in total. The molecule has 1 aromatic heterocycles. The Bertz CT molecular complexity index is 1010. The number of benzene rings is 2. The summed E-state index contributed by atoms with van der Waals surface area (Å²) in [5.41, 5.74) is -1.53. The van der Waals surface area contributed by atoms with Gasteiger partial charge in [0.2, 0.25) is 5.88 Å². The number of hydrogen-bond acceptors (Lipinski definition) is 4. The quantitative estimate of drug-likeness (QED) is 0.534. The molecule has 0 amide bonds. The Morgan fingerprint density at radius 2 is 1.45 bits per heavy atom. The highest BCUT2D eigenvalue weighted by atomic mass is 19.4. The molecule has 0 fully saturated rings. The van der Waals surface area contributed by atoms with E-state index in [1.807, 2.05) is 0 Å². The number of aldehydes is 1. The molecule has 0 radical (unpaired) electrons. The van der Waals surface area contributed by atoms with Gasteiger partial charge in [0.15, 0.2) is 6.29 Å². The van der Waals surface area contributed by atoms with Gasteiger partial charge in [-0.2, -0.15) is 13.2 Å². The number of hydrogen-bond donors (Lipinski definition) is 1. The van der Waals surface area contributed by atoms with Crippen molar-refractivity contribution >= 4 is 6.29 Å². The largest absolute Gasteiger partial charge is 0.508 e. The fourth-order valence-electron chi connectivity index (χ4n) is 3.03. The summed E-state index contributed by atoms with van der Waals surface area (Å²) in [6.45, 7) is 1.58. The summed E-state index contributed by atoms with van der Waals surface area (Å²) >= 11 is 0. The standard InChI is InChI=1S/C21H18F3NO4/c1-3-18-19(21(22,23)24)17(12-26)20(25(18)2)29-16-10-8-15(9-11-16)28-14-6-4-13(27)5-7-14/h4-12,27H,3H2,1-2H3. The Hall–Kier alpha value is -3.42. The number of carbonyl (C=O) groups is 1. The van der Waals surface area contributed by atoms with E-state index in [0.29, 0.717) is 11.5 Å². The maximum atomic E-state index is 13.4. The lowest BCUT2D eigenvalue weighted by Crippen LogP contribution is -2.10. The summed E-state index contributed by atoms with van der Waals surface area (Å²) in [4.78, 5) is 11.4. The maximum absolute atomic E-state index is 13.4. The van der Waals surface area contributed by atoms with Crippen LogP contribution in [0.5, 0.6) is 28.9 Å². The van der Waals surface area contributed by atoms with Gasteiger partial charge in [-0.1, -0.05) is 6.92 Å². The predicted octanol–water partition coefficient (Wildman–Crippen LogP) is 5.71. The van der Waals surface area contributed by atoms with Crippen LogP contribution in [0.3, 0.4) is 0 Å². The summed E-state index contributed by atoms with van der Waals surface area (Å²) < 4.78 is 52.8. The van der Waals surface area contributed by atoms with Gasteiger partial charge in [-0.25, -0.2) is 0 Å². The van der Waals surface area contributed by atoms with Gasteiger partial charge in [-0.3, -0.25) is 4.79 Å². The van der Waals surface area contributed by atoms with Gasteiger partial charge in [0, 0.05) is 12.7 Å². The Balaban J connectivity index is 1.87. The van der Waals surface area contributed by atoms with Crippen molar-refractivity contribution in [2.45, 2.75) is 19.5 Å². The third-order valence-corrected chi connectivity index (χ3v) is 4.34. The zero-order chi connectivity index (χ0) is 21.2. The first-order chi connectivity index (χ1) is 13.7. The van der Waals surface area contributed by atoms with Crippen molar-refractivity contribution in [1.82, 2.24) is 4.57 Å². The van der Waals surface area contributed by atoms with Crippen LogP contribution in [-0.4, -0.2) is 16.0 Å². The lowest BCUT2D eigenvalue weighted by Gasteiger charge is -2.10. The molecule has 1 heterocycles. The molecule has 0 aliphatic rings. The summed E-state index contributed by atoms with van der Waals surface area (Å²) in [6.07, 6.45) is -4.41. The second-order valence-corrected chi connectivity index (χ2v) is 6.24. The third-order valence-electron chi connectivity index (χ3n) is 4.34. The number of phenolic OH excluding ortho intramolecular Hbond substituents is 1. The minimum absolute atomic E-state index is 0.0260. The van der Waals surface area contributed by atoms with E-state index in [4.69, 9.17) is 9.47 Å². The molecule has 5 nitrogen and oxygen atoms in total. The average molecular weight is 405 g/mol. The minimum Gasteiger partial charge on any atom is -0.508 e. The first-order valence-corrected chi connectivity index (χ1v) is 8.73. The van der Waals surface area contributed by atoms with E-state index in [1.165, 1.54) is 35.9 Å². The summed E-state index contributed by atoms with van der Waals surface area (Å²) in [7, 11) is 1.43. The van der Waals surface area contributed by atoms with Gasteiger partial charge in [-0.05, 0) is 55.0 Å². The molecule has 8 heteroatoms. The van der Waals surface area contributed by atoms with Crippen LogP contribution in [0.25, 0.3) is 0 Å². The normalized spacial score (nSPS) is 11.3. The molecule has 0 bridgehead atoms. The van der Waals surface area contributed by atoms with E-state index >= 15 is 0 Å². The SMILES string of the molecule is CCc1c(C(F)(F)F)c(C=O)c(Oc2ccc(Oc3ccc(O)cc3)cc2)n1C. The number of phenols is 1. The van der Waals surface area contributed by atoms with Crippen molar-refractivity contribution in [3.05, 3.63) is 65.4 Å². The fraction of sp³-hybridized carbons (Fsp3) is 0.190. The molecule has 29 heavy (non-hydrogen) atoms. The molecule has 0 saturated carbocycles. The summed E-state index contributed by atoms with van der Waals surface area (Å²) in [6, 6.07) is 12.3. The Morgan fingerprint density at radius 3 is 1.90 bits per heavy atom. The van der Waals surface area contributed by atoms with Crippen LogP contribution in [0, 0.1) is 0 Å². The van der Waals surface area contributed by atoms with Crippen LogP contribution in [-0.2, 0) is 19.6 Å². The van der Waals surface area contributed by atoms with Gasteiger partial charge < -0.3 is 19.1 Å². The molecular weight excluding hydrogens is 387 g/mol. The topological polar surface area (TPSA) is 60.7 Å². The van der Waals surface area contributed by atoms with E-state index in [9.17, 15) is 23.1 Å². The van der Waals surface area contributed by atoms with E-state index in [0.717, 1.165) is 0 Å². The van der Waals surface area contributed by atoms with Crippen LogP contribution in [0.1, 0.15) is 28.5 Å². The summed E-state index contributed by atoms with van der Waals surface area (Å²) in [5.74, 6) is 1.17. The molecule has 0 saturated heterocycles. The lowest BCUT2D eigenvalue weighted by molar-refractivity contribution is -0.138. The van der Waals surface area contributed by atoms with Crippen LogP contribution in [0.4, 0.5) is 13.2 Å². The van der Waals surface area contributed by atoms with Crippen molar-refractivity contribution in [1.29, 1.82) is 0 Å². The molecule has 3 rings (SSSR count). The number of nitrogens with zero attached hydrogens (tertiary/aromatic N) is 1. The number of aromatic nitrogens is 1. The zero-order valence-electron chi connectivity index (χ0n) is 15.7. The third kappa shape index (κ3) is 4.21. The highest BCUT2D eigenvalue weighted by Gasteiger charge is 2.40.